The minimum atomic E-state index is 0.891. The van der Waals surface area contributed by atoms with Gasteiger partial charge in [-0.25, -0.2) is 0 Å². The van der Waals surface area contributed by atoms with Crippen molar-refractivity contribution in [3.8, 4) is 39.1 Å². The summed E-state index contributed by atoms with van der Waals surface area (Å²) >= 11 is 0. The molecule has 2 aromatic heterocycles. The van der Waals surface area contributed by atoms with Crippen LogP contribution in [0.25, 0.3) is 115 Å². The maximum Gasteiger partial charge on any atom is 0.143 e. The summed E-state index contributed by atoms with van der Waals surface area (Å²) in [6.45, 7) is 0. The summed E-state index contributed by atoms with van der Waals surface area (Å²) in [7, 11) is 0. The van der Waals surface area contributed by atoms with E-state index in [1.165, 1.54) is 65.4 Å². The molecule has 0 bridgehead atoms. The maximum absolute atomic E-state index is 6.60. The van der Waals surface area contributed by atoms with Crippen molar-refractivity contribution in [1.82, 2.24) is 4.57 Å². The van der Waals surface area contributed by atoms with Gasteiger partial charge in [-0.2, -0.15) is 0 Å². The first-order chi connectivity index (χ1) is 34.2. The van der Waals surface area contributed by atoms with E-state index in [1.807, 2.05) is 0 Å². The highest BCUT2D eigenvalue weighted by atomic mass is 16.3. The number of fused-ring (bicyclic) bond motifs is 11. The standard InChI is InChI=1S/C66H42N2O/c1-4-20-54-44(14-1)32-39-60-59-38-33-46(42-65(59)69-66(54)60)43-28-34-49(35-29-43)67(51-17-13-16-47(40-51)61-41-48-15-2-3-18-52(48)55-21-5-6-22-56(55)61)50-36-30-45(31-37-50)53-19-7-10-25-62(53)68-63-26-11-8-23-57(63)58-24-9-12-27-64(58)68/h1-42H. The molecule has 0 saturated carbocycles. The van der Waals surface area contributed by atoms with Gasteiger partial charge in [-0.1, -0.05) is 176 Å². The predicted octanol–water partition coefficient (Wildman–Crippen LogP) is 18.6. The van der Waals surface area contributed by atoms with E-state index in [4.69, 9.17) is 4.42 Å². The van der Waals surface area contributed by atoms with Crippen LogP contribution in [0.15, 0.2) is 259 Å². The Kier molecular flexibility index (Phi) is 8.90. The van der Waals surface area contributed by atoms with Crippen molar-refractivity contribution in [2.75, 3.05) is 4.90 Å². The first-order valence-electron chi connectivity index (χ1n) is 23.7. The lowest BCUT2D eigenvalue weighted by molar-refractivity contribution is 0.673. The summed E-state index contributed by atoms with van der Waals surface area (Å²) in [5.74, 6) is 0. The lowest BCUT2D eigenvalue weighted by Gasteiger charge is -2.27. The number of anilines is 3. The van der Waals surface area contributed by atoms with Crippen LogP contribution in [0.4, 0.5) is 17.1 Å². The highest BCUT2D eigenvalue weighted by Crippen LogP contribution is 2.43. The van der Waals surface area contributed by atoms with Crippen LogP contribution in [0.2, 0.25) is 0 Å². The molecule has 0 N–H and O–H groups in total. The molecule has 2 heterocycles. The Bertz CT molecular complexity index is 4260. The number of hydrogen-bond acceptors (Lipinski definition) is 2. The lowest BCUT2D eigenvalue weighted by Crippen LogP contribution is -2.10. The Balaban J connectivity index is 0.890. The van der Waals surface area contributed by atoms with Crippen LogP contribution in [-0.2, 0) is 0 Å². The van der Waals surface area contributed by atoms with Gasteiger partial charge in [-0.05, 0) is 134 Å². The van der Waals surface area contributed by atoms with Crippen molar-refractivity contribution in [3.05, 3.63) is 255 Å². The third-order valence-corrected chi connectivity index (χ3v) is 14.2. The van der Waals surface area contributed by atoms with Gasteiger partial charge >= 0.3 is 0 Å². The monoisotopic (exact) mass is 878 g/mol. The molecule has 14 rings (SSSR count). The first kappa shape index (κ1) is 39.0. The van der Waals surface area contributed by atoms with E-state index in [0.717, 1.165) is 66.8 Å². The van der Waals surface area contributed by atoms with Gasteiger partial charge in [0.2, 0.25) is 0 Å². The minimum absolute atomic E-state index is 0.891. The van der Waals surface area contributed by atoms with Gasteiger partial charge in [-0.15, -0.1) is 0 Å². The zero-order chi connectivity index (χ0) is 45.4. The highest BCUT2D eigenvalue weighted by Gasteiger charge is 2.19. The molecule has 0 aliphatic rings. The molecule has 14 aromatic rings. The largest absolute Gasteiger partial charge is 0.455 e. The highest BCUT2D eigenvalue weighted by molar-refractivity contribution is 6.16. The van der Waals surface area contributed by atoms with E-state index < -0.39 is 0 Å². The van der Waals surface area contributed by atoms with Crippen molar-refractivity contribution in [2.45, 2.75) is 0 Å². The average molecular weight is 879 g/mol. The fraction of sp³-hybridized carbons (Fsp3) is 0. The quantitative estimate of drug-likeness (QED) is 0.149. The van der Waals surface area contributed by atoms with Crippen LogP contribution in [-0.4, -0.2) is 4.57 Å². The number of nitrogens with zero attached hydrogens (tertiary/aromatic N) is 2. The molecule has 0 amide bonds. The van der Waals surface area contributed by atoms with Crippen molar-refractivity contribution < 1.29 is 4.42 Å². The molecule has 0 saturated heterocycles. The molecule has 0 aliphatic carbocycles. The fourth-order valence-electron chi connectivity index (χ4n) is 10.9. The third kappa shape index (κ3) is 6.36. The van der Waals surface area contributed by atoms with E-state index in [0.29, 0.717) is 0 Å². The zero-order valence-corrected chi connectivity index (χ0v) is 37.6. The molecule has 0 fully saturated rings. The molecule has 0 atom stereocenters. The minimum Gasteiger partial charge on any atom is -0.455 e. The van der Waals surface area contributed by atoms with Crippen molar-refractivity contribution >= 4 is 93.1 Å². The van der Waals surface area contributed by atoms with Gasteiger partial charge in [0.15, 0.2) is 0 Å². The fourth-order valence-corrected chi connectivity index (χ4v) is 10.9. The maximum atomic E-state index is 6.60. The van der Waals surface area contributed by atoms with Crippen LogP contribution in [0.5, 0.6) is 0 Å². The molecule has 0 radical (unpaired) electrons. The SMILES string of the molecule is c1cc(-c2cc3ccccc3c3ccccc23)cc(N(c2ccc(-c3ccc4c(c3)oc3c5ccccc5ccc43)cc2)c2ccc(-c3ccccc3-n3c4ccccc4c4ccccc43)cc2)c1. The summed E-state index contributed by atoms with van der Waals surface area (Å²) in [5, 5.41) is 12.1. The molecule has 3 nitrogen and oxygen atoms in total. The molecule has 0 unspecified atom stereocenters. The first-order valence-corrected chi connectivity index (χ1v) is 23.7. The predicted molar refractivity (Wildman–Crippen MR) is 292 cm³/mol. The van der Waals surface area contributed by atoms with Crippen LogP contribution in [0.3, 0.4) is 0 Å². The Labute approximate surface area is 399 Å². The van der Waals surface area contributed by atoms with Crippen LogP contribution < -0.4 is 4.90 Å². The molecular formula is C66H42N2O. The summed E-state index contributed by atoms with van der Waals surface area (Å²) in [6.07, 6.45) is 0. The second-order valence-electron chi connectivity index (χ2n) is 18.0. The van der Waals surface area contributed by atoms with Crippen molar-refractivity contribution in [3.63, 3.8) is 0 Å². The summed E-state index contributed by atoms with van der Waals surface area (Å²) < 4.78 is 9.02. The second kappa shape index (κ2) is 15.7. The van der Waals surface area contributed by atoms with E-state index in [1.54, 1.807) is 0 Å². The van der Waals surface area contributed by atoms with Gasteiger partial charge in [0.05, 0.1) is 16.7 Å². The Morgan fingerprint density at radius 2 is 0.870 bits per heavy atom. The number of benzene rings is 12. The molecule has 69 heavy (non-hydrogen) atoms. The number of aromatic nitrogens is 1. The number of rotatable bonds is 7. The van der Waals surface area contributed by atoms with E-state index >= 15 is 0 Å². The van der Waals surface area contributed by atoms with Crippen LogP contribution >= 0.6 is 0 Å². The van der Waals surface area contributed by atoms with E-state index in [9.17, 15) is 0 Å². The topological polar surface area (TPSA) is 21.3 Å². The van der Waals surface area contributed by atoms with E-state index in [2.05, 4.69) is 264 Å². The number of hydrogen-bond donors (Lipinski definition) is 0. The molecule has 0 spiro atoms. The molecule has 12 aromatic carbocycles. The summed E-state index contributed by atoms with van der Waals surface area (Å²) in [5.41, 5.74) is 15.5. The molecule has 3 heteroatoms. The number of para-hydroxylation sites is 3. The van der Waals surface area contributed by atoms with Gasteiger partial charge < -0.3 is 13.9 Å². The van der Waals surface area contributed by atoms with Gasteiger partial charge in [0, 0.05) is 49.6 Å². The van der Waals surface area contributed by atoms with Crippen molar-refractivity contribution in [1.29, 1.82) is 0 Å². The Hall–Kier alpha value is -9.18. The van der Waals surface area contributed by atoms with E-state index in [-0.39, 0.29) is 0 Å². The summed E-state index contributed by atoms with van der Waals surface area (Å²) in [6, 6.07) is 92.5. The van der Waals surface area contributed by atoms with Crippen LogP contribution in [0, 0.1) is 0 Å². The molecule has 322 valence electrons. The van der Waals surface area contributed by atoms with Gasteiger partial charge in [0.25, 0.3) is 0 Å². The third-order valence-electron chi connectivity index (χ3n) is 14.2. The average Bonchev–Trinajstić information content (AvgIpc) is 3.97. The normalized spacial score (nSPS) is 11.8. The Morgan fingerprint density at radius 1 is 0.290 bits per heavy atom. The number of furan rings is 1. The van der Waals surface area contributed by atoms with Crippen molar-refractivity contribution in [2.24, 2.45) is 0 Å². The second-order valence-corrected chi connectivity index (χ2v) is 18.0. The lowest BCUT2D eigenvalue weighted by atomic mass is 9.93. The van der Waals surface area contributed by atoms with Gasteiger partial charge in [-0.3, -0.25) is 0 Å². The summed E-state index contributed by atoms with van der Waals surface area (Å²) in [4.78, 5) is 2.38. The van der Waals surface area contributed by atoms with Crippen LogP contribution in [0.1, 0.15) is 0 Å². The van der Waals surface area contributed by atoms with Gasteiger partial charge in [0.1, 0.15) is 11.2 Å². The Morgan fingerprint density at radius 3 is 1.62 bits per heavy atom. The smallest absolute Gasteiger partial charge is 0.143 e. The molecule has 0 aliphatic heterocycles. The zero-order valence-electron chi connectivity index (χ0n) is 37.6. The molecular weight excluding hydrogens is 837 g/mol.